The van der Waals surface area contributed by atoms with Crippen molar-refractivity contribution in [2.45, 2.75) is 0 Å². The van der Waals surface area contributed by atoms with Crippen LogP contribution < -0.4 is 11.1 Å². The van der Waals surface area contributed by atoms with E-state index in [9.17, 15) is 4.79 Å². The number of aromatic nitrogens is 1. The number of nitrogens with one attached hydrogen (secondary N) is 1. The predicted molar refractivity (Wildman–Crippen MR) is 49.7 cm³/mol. The zero-order valence-electron chi connectivity index (χ0n) is 6.47. The van der Waals surface area contributed by atoms with Gasteiger partial charge in [-0.25, -0.2) is 4.98 Å². The Morgan fingerprint density at radius 3 is 3.00 bits per heavy atom. The highest BCUT2D eigenvalue weighted by atomic mass is 79.9. The average molecular weight is 230 g/mol. The van der Waals surface area contributed by atoms with Gasteiger partial charge in [-0.1, -0.05) is 0 Å². The van der Waals surface area contributed by atoms with Crippen molar-refractivity contribution in [1.82, 2.24) is 10.3 Å². The van der Waals surface area contributed by atoms with Crippen molar-refractivity contribution in [3.05, 3.63) is 22.4 Å². The second kappa shape index (κ2) is 3.53. The summed E-state index contributed by atoms with van der Waals surface area (Å²) in [5, 5.41) is 2.48. The van der Waals surface area contributed by atoms with E-state index in [-0.39, 0.29) is 5.91 Å². The Morgan fingerprint density at radius 1 is 1.75 bits per heavy atom. The molecule has 0 unspecified atom stereocenters. The fourth-order valence-corrected chi connectivity index (χ4v) is 1.10. The molecule has 1 aromatic heterocycles. The molecule has 0 aliphatic heterocycles. The van der Waals surface area contributed by atoms with Crippen molar-refractivity contribution in [3.63, 3.8) is 0 Å². The van der Waals surface area contributed by atoms with E-state index < -0.39 is 0 Å². The van der Waals surface area contributed by atoms with Gasteiger partial charge in [-0.05, 0) is 22.0 Å². The Morgan fingerprint density at radius 2 is 2.42 bits per heavy atom. The van der Waals surface area contributed by atoms with Crippen LogP contribution in [0.25, 0.3) is 0 Å². The van der Waals surface area contributed by atoms with Crippen LogP contribution in [0.5, 0.6) is 0 Å². The molecule has 0 aromatic carbocycles. The van der Waals surface area contributed by atoms with Gasteiger partial charge in [-0.3, -0.25) is 4.79 Å². The molecule has 0 fully saturated rings. The highest BCUT2D eigenvalue weighted by Gasteiger charge is 2.07. The number of hydrogen-bond acceptors (Lipinski definition) is 3. The molecule has 0 bridgehead atoms. The minimum absolute atomic E-state index is 0.212. The van der Waals surface area contributed by atoms with E-state index in [4.69, 9.17) is 5.73 Å². The predicted octanol–water partition coefficient (Wildman–Crippen LogP) is 0.786. The summed E-state index contributed by atoms with van der Waals surface area (Å²) in [6, 6.07) is 1.58. The van der Waals surface area contributed by atoms with Crippen molar-refractivity contribution in [2.24, 2.45) is 0 Å². The third-order valence-corrected chi connectivity index (χ3v) is 1.81. The molecule has 0 aliphatic carbocycles. The van der Waals surface area contributed by atoms with E-state index in [0.717, 1.165) is 0 Å². The molecule has 3 N–H and O–H groups in total. The molecule has 64 valence electrons. The summed E-state index contributed by atoms with van der Waals surface area (Å²) in [6.07, 6.45) is 1.44. The fraction of sp³-hybridized carbons (Fsp3) is 0.143. The minimum Gasteiger partial charge on any atom is -0.397 e. The van der Waals surface area contributed by atoms with Crippen LogP contribution in [0, 0.1) is 0 Å². The van der Waals surface area contributed by atoms with Crippen LogP contribution >= 0.6 is 15.9 Å². The molecule has 4 nitrogen and oxygen atoms in total. The zero-order valence-corrected chi connectivity index (χ0v) is 8.05. The lowest BCUT2D eigenvalue weighted by Gasteiger charge is -2.02. The van der Waals surface area contributed by atoms with Crippen LogP contribution in [0.3, 0.4) is 0 Å². The van der Waals surface area contributed by atoms with Gasteiger partial charge < -0.3 is 11.1 Å². The fourth-order valence-electron chi connectivity index (χ4n) is 0.772. The van der Waals surface area contributed by atoms with Gasteiger partial charge in [-0.2, -0.15) is 0 Å². The lowest BCUT2D eigenvalue weighted by molar-refractivity contribution is 0.0964. The molecule has 0 saturated carbocycles. The van der Waals surface area contributed by atoms with Gasteiger partial charge in [-0.15, -0.1) is 0 Å². The van der Waals surface area contributed by atoms with Gasteiger partial charge in [0.2, 0.25) is 0 Å². The smallest absolute Gasteiger partial charge is 0.253 e. The molecule has 1 heterocycles. The molecule has 0 aliphatic rings. The van der Waals surface area contributed by atoms with Crippen LogP contribution in [-0.2, 0) is 0 Å². The van der Waals surface area contributed by atoms with Crippen LogP contribution in [0.1, 0.15) is 10.4 Å². The van der Waals surface area contributed by atoms with Gasteiger partial charge >= 0.3 is 0 Å². The maximum absolute atomic E-state index is 11.1. The first kappa shape index (κ1) is 8.99. The summed E-state index contributed by atoms with van der Waals surface area (Å²) in [7, 11) is 1.55. The van der Waals surface area contributed by atoms with Crippen molar-refractivity contribution < 1.29 is 4.79 Å². The molecule has 0 radical (unpaired) electrons. The number of carbonyl (C=O) groups is 1. The topological polar surface area (TPSA) is 68.0 Å². The van der Waals surface area contributed by atoms with Gasteiger partial charge in [0.25, 0.3) is 5.91 Å². The zero-order chi connectivity index (χ0) is 9.14. The normalized spacial score (nSPS) is 9.50. The maximum atomic E-state index is 11.1. The van der Waals surface area contributed by atoms with Crippen molar-refractivity contribution >= 4 is 27.5 Å². The summed E-state index contributed by atoms with van der Waals surface area (Å²) in [4.78, 5) is 15.0. The SMILES string of the molecule is CNC(=O)c1cc(Br)ncc1N. The number of hydrogen-bond donors (Lipinski definition) is 2. The van der Waals surface area contributed by atoms with Crippen LogP contribution in [0.4, 0.5) is 5.69 Å². The quantitative estimate of drug-likeness (QED) is 0.700. The Kier molecular flexibility index (Phi) is 2.65. The molecule has 1 rings (SSSR count). The largest absolute Gasteiger partial charge is 0.397 e. The van der Waals surface area contributed by atoms with Gasteiger partial charge in [0, 0.05) is 7.05 Å². The summed E-state index contributed by atoms with van der Waals surface area (Å²) >= 11 is 3.15. The first-order chi connectivity index (χ1) is 5.65. The number of amides is 1. The number of rotatable bonds is 1. The number of nitrogen functional groups attached to an aromatic ring is 1. The van der Waals surface area contributed by atoms with E-state index in [0.29, 0.717) is 15.9 Å². The first-order valence-corrected chi connectivity index (χ1v) is 4.07. The third-order valence-electron chi connectivity index (χ3n) is 1.37. The summed E-state index contributed by atoms with van der Waals surface area (Å²) < 4.78 is 0.593. The summed E-state index contributed by atoms with van der Waals surface area (Å²) in [5.41, 5.74) is 6.32. The molecular formula is C7H8BrN3O. The lowest BCUT2D eigenvalue weighted by Crippen LogP contribution is -2.19. The highest BCUT2D eigenvalue weighted by molar-refractivity contribution is 9.10. The molecular weight excluding hydrogens is 222 g/mol. The van der Waals surface area contributed by atoms with Crippen LogP contribution in [0.2, 0.25) is 0 Å². The Balaban J connectivity index is 3.13. The van der Waals surface area contributed by atoms with E-state index in [2.05, 4.69) is 26.2 Å². The molecule has 1 amide bonds. The standard InChI is InChI=1S/C7H8BrN3O/c1-10-7(12)4-2-6(8)11-3-5(4)9/h2-3H,9H2,1H3,(H,10,12). The Bertz CT molecular complexity index is 314. The van der Waals surface area contributed by atoms with E-state index in [1.165, 1.54) is 6.20 Å². The summed E-state index contributed by atoms with van der Waals surface area (Å²) in [6.45, 7) is 0. The molecule has 0 saturated heterocycles. The Labute approximate surface area is 78.3 Å². The molecule has 5 heteroatoms. The number of pyridine rings is 1. The monoisotopic (exact) mass is 229 g/mol. The number of nitrogens with zero attached hydrogens (tertiary/aromatic N) is 1. The molecule has 0 atom stereocenters. The van der Waals surface area contributed by atoms with Crippen molar-refractivity contribution in [1.29, 1.82) is 0 Å². The highest BCUT2D eigenvalue weighted by Crippen LogP contribution is 2.14. The van der Waals surface area contributed by atoms with Gasteiger partial charge in [0.05, 0.1) is 17.4 Å². The second-order valence-corrected chi connectivity index (χ2v) is 2.99. The molecule has 0 spiro atoms. The average Bonchev–Trinajstić information content (AvgIpc) is 2.08. The summed E-state index contributed by atoms with van der Waals surface area (Å²) in [5.74, 6) is -0.212. The number of halogens is 1. The number of nitrogens with two attached hydrogens (primary N) is 1. The molecule has 12 heavy (non-hydrogen) atoms. The van der Waals surface area contributed by atoms with Gasteiger partial charge in [0.1, 0.15) is 4.60 Å². The van der Waals surface area contributed by atoms with Crippen molar-refractivity contribution in [3.8, 4) is 0 Å². The number of carbonyl (C=O) groups excluding carboxylic acids is 1. The maximum Gasteiger partial charge on any atom is 0.253 e. The van der Waals surface area contributed by atoms with Crippen LogP contribution in [-0.4, -0.2) is 17.9 Å². The van der Waals surface area contributed by atoms with Gasteiger partial charge in [0.15, 0.2) is 0 Å². The van der Waals surface area contributed by atoms with E-state index in [1.807, 2.05) is 0 Å². The van der Waals surface area contributed by atoms with E-state index in [1.54, 1.807) is 13.1 Å². The van der Waals surface area contributed by atoms with Crippen molar-refractivity contribution in [2.75, 3.05) is 12.8 Å². The minimum atomic E-state index is -0.212. The molecule has 1 aromatic rings. The first-order valence-electron chi connectivity index (χ1n) is 3.28. The number of anilines is 1. The Hall–Kier alpha value is -1.10. The second-order valence-electron chi connectivity index (χ2n) is 2.17. The van der Waals surface area contributed by atoms with Crippen LogP contribution in [0.15, 0.2) is 16.9 Å². The van der Waals surface area contributed by atoms with E-state index >= 15 is 0 Å². The third kappa shape index (κ3) is 1.73. The lowest BCUT2D eigenvalue weighted by atomic mass is 10.2.